The van der Waals surface area contributed by atoms with Crippen molar-refractivity contribution in [3.8, 4) is 5.75 Å². The van der Waals surface area contributed by atoms with Crippen molar-refractivity contribution < 1.29 is 14.3 Å². The monoisotopic (exact) mass is 333 g/mol. The fraction of sp³-hybridized carbons (Fsp3) is 0.125. The topological polar surface area (TPSA) is 48.4 Å². The van der Waals surface area contributed by atoms with Gasteiger partial charge in [-0.3, -0.25) is 0 Å². The van der Waals surface area contributed by atoms with Crippen LogP contribution in [0.2, 0.25) is 5.02 Å². The fourth-order valence-corrected chi connectivity index (χ4v) is 2.73. The smallest absolute Gasteiger partial charge is 0.338 e. The molecule has 1 heterocycles. The van der Waals surface area contributed by atoms with E-state index in [9.17, 15) is 4.79 Å². The zero-order valence-corrected chi connectivity index (χ0v) is 13.1. The summed E-state index contributed by atoms with van der Waals surface area (Å²) >= 11 is 7.28. The number of carbonyl (C=O) groups excluding carboxylic acids is 1. The van der Waals surface area contributed by atoms with Gasteiger partial charge in [-0.2, -0.15) is 0 Å². The summed E-state index contributed by atoms with van der Waals surface area (Å²) in [6.07, 6.45) is 0. The summed E-state index contributed by atoms with van der Waals surface area (Å²) in [7, 11) is 0. The first kappa shape index (κ1) is 14.8. The Hall–Kier alpha value is -2.11. The third kappa shape index (κ3) is 3.55. The van der Waals surface area contributed by atoms with E-state index in [1.54, 1.807) is 41.9 Å². The number of aromatic nitrogens is 1. The molecule has 0 spiro atoms. The van der Waals surface area contributed by atoms with Crippen molar-refractivity contribution in [1.29, 1.82) is 0 Å². The van der Waals surface area contributed by atoms with Crippen LogP contribution >= 0.6 is 22.9 Å². The van der Waals surface area contributed by atoms with Crippen LogP contribution in [0.3, 0.4) is 0 Å². The molecule has 112 valence electrons. The molecule has 0 aliphatic heterocycles. The van der Waals surface area contributed by atoms with Crippen molar-refractivity contribution >= 4 is 39.1 Å². The highest BCUT2D eigenvalue weighted by Crippen LogP contribution is 2.19. The molecule has 3 aromatic rings. The molecule has 0 radical (unpaired) electrons. The molecule has 3 rings (SSSR count). The number of ether oxygens (including phenoxy) is 2. The van der Waals surface area contributed by atoms with Crippen LogP contribution < -0.4 is 4.74 Å². The lowest BCUT2D eigenvalue weighted by Crippen LogP contribution is -2.12. The summed E-state index contributed by atoms with van der Waals surface area (Å²) in [6, 6.07) is 12.3. The Balaban J connectivity index is 1.50. The molecule has 2 aromatic carbocycles. The molecule has 0 aliphatic rings. The van der Waals surface area contributed by atoms with Crippen LogP contribution in [0.5, 0.6) is 5.75 Å². The minimum absolute atomic E-state index is 0.183. The predicted molar refractivity (Wildman–Crippen MR) is 86.8 cm³/mol. The highest BCUT2D eigenvalue weighted by molar-refractivity contribution is 7.16. The molecule has 0 saturated carbocycles. The number of nitrogens with zero attached hydrogens (tertiary/aromatic N) is 1. The number of halogens is 1. The van der Waals surface area contributed by atoms with Crippen LogP contribution in [0.4, 0.5) is 0 Å². The molecule has 22 heavy (non-hydrogen) atoms. The number of thiazole rings is 1. The van der Waals surface area contributed by atoms with E-state index in [1.165, 1.54) is 11.3 Å². The Labute approximate surface area is 136 Å². The Morgan fingerprint density at radius 3 is 2.77 bits per heavy atom. The summed E-state index contributed by atoms with van der Waals surface area (Å²) in [6.45, 7) is 0.471. The van der Waals surface area contributed by atoms with Crippen molar-refractivity contribution in [1.82, 2.24) is 4.98 Å². The van der Waals surface area contributed by atoms with E-state index >= 15 is 0 Å². The SMILES string of the molecule is O=C(OCCOc1ccc(Cl)cc1)c1ccc2ncsc2c1. The zero-order chi connectivity index (χ0) is 15.4. The van der Waals surface area contributed by atoms with Crippen molar-refractivity contribution in [2.45, 2.75) is 0 Å². The summed E-state index contributed by atoms with van der Waals surface area (Å²) in [5, 5.41) is 0.650. The minimum Gasteiger partial charge on any atom is -0.490 e. The average Bonchev–Trinajstić information content (AvgIpc) is 3.00. The maximum atomic E-state index is 12.0. The van der Waals surface area contributed by atoms with Crippen molar-refractivity contribution in [2.75, 3.05) is 13.2 Å². The molecular formula is C16H12ClNO3S. The van der Waals surface area contributed by atoms with Gasteiger partial charge in [-0.1, -0.05) is 11.6 Å². The molecule has 0 saturated heterocycles. The normalized spacial score (nSPS) is 10.6. The third-order valence-electron chi connectivity index (χ3n) is 2.97. The van der Waals surface area contributed by atoms with Gasteiger partial charge in [0.2, 0.25) is 0 Å². The van der Waals surface area contributed by atoms with Crippen molar-refractivity contribution in [2.24, 2.45) is 0 Å². The third-order valence-corrected chi connectivity index (χ3v) is 4.01. The molecular weight excluding hydrogens is 322 g/mol. The predicted octanol–water partition coefficient (Wildman–Crippen LogP) is 4.19. The van der Waals surface area contributed by atoms with Gasteiger partial charge >= 0.3 is 5.97 Å². The Morgan fingerprint density at radius 1 is 1.14 bits per heavy atom. The average molecular weight is 334 g/mol. The number of carbonyl (C=O) groups is 1. The van der Waals surface area contributed by atoms with E-state index in [0.29, 0.717) is 16.3 Å². The van der Waals surface area contributed by atoms with Crippen molar-refractivity contribution in [3.63, 3.8) is 0 Å². The van der Waals surface area contributed by atoms with E-state index in [0.717, 1.165) is 10.2 Å². The molecule has 4 nitrogen and oxygen atoms in total. The molecule has 0 fully saturated rings. The van der Waals surface area contributed by atoms with E-state index in [1.807, 2.05) is 6.07 Å². The molecule has 0 atom stereocenters. The first-order chi connectivity index (χ1) is 10.7. The molecule has 0 unspecified atom stereocenters. The summed E-state index contributed by atoms with van der Waals surface area (Å²) in [5.41, 5.74) is 3.15. The minimum atomic E-state index is -0.366. The van der Waals surface area contributed by atoms with Crippen LogP contribution in [-0.2, 0) is 4.74 Å². The number of benzene rings is 2. The highest BCUT2D eigenvalue weighted by atomic mass is 35.5. The second-order valence-electron chi connectivity index (χ2n) is 4.47. The van der Waals surface area contributed by atoms with Gasteiger partial charge in [0.05, 0.1) is 21.3 Å². The first-order valence-corrected chi connectivity index (χ1v) is 7.87. The Kier molecular flexibility index (Phi) is 4.56. The highest BCUT2D eigenvalue weighted by Gasteiger charge is 2.09. The fourth-order valence-electron chi connectivity index (χ4n) is 1.89. The van der Waals surface area contributed by atoms with Crippen LogP contribution in [0, 0.1) is 0 Å². The molecule has 0 N–H and O–H groups in total. The lowest BCUT2D eigenvalue weighted by molar-refractivity contribution is 0.0450. The second-order valence-corrected chi connectivity index (χ2v) is 5.80. The second kappa shape index (κ2) is 6.77. The number of hydrogen-bond acceptors (Lipinski definition) is 5. The largest absolute Gasteiger partial charge is 0.490 e. The molecule has 0 bridgehead atoms. The lowest BCUT2D eigenvalue weighted by atomic mass is 10.2. The number of rotatable bonds is 5. The molecule has 0 aliphatic carbocycles. The van der Waals surface area contributed by atoms with Crippen LogP contribution in [0.1, 0.15) is 10.4 Å². The molecule has 0 amide bonds. The summed E-state index contributed by atoms with van der Waals surface area (Å²) in [5.74, 6) is 0.321. The number of esters is 1. The summed E-state index contributed by atoms with van der Waals surface area (Å²) in [4.78, 5) is 16.1. The van der Waals surface area contributed by atoms with Crippen LogP contribution in [-0.4, -0.2) is 24.2 Å². The van der Waals surface area contributed by atoms with Gasteiger partial charge in [0.1, 0.15) is 19.0 Å². The van der Waals surface area contributed by atoms with Crippen LogP contribution in [0.15, 0.2) is 48.0 Å². The van der Waals surface area contributed by atoms with Gasteiger partial charge in [0, 0.05) is 5.02 Å². The number of fused-ring (bicyclic) bond motifs is 1. The van der Waals surface area contributed by atoms with Gasteiger partial charge in [-0.15, -0.1) is 11.3 Å². The van der Waals surface area contributed by atoms with Gasteiger partial charge in [0.15, 0.2) is 0 Å². The van der Waals surface area contributed by atoms with E-state index < -0.39 is 0 Å². The quantitative estimate of drug-likeness (QED) is 0.519. The van der Waals surface area contributed by atoms with Gasteiger partial charge in [0.25, 0.3) is 0 Å². The maximum Gasteiger partial charge on any atom is 0.338 e. The van der Waals surface area contributed by atoms with E-state index in [2.05, 4.69) is 4.98 Å². The standard InChI is InChI=1S/C16H12ClNO3S/c17-12-2-4-13(5-3-12)20-7-8-21-16(19)11-1-6-14-15(9-11)22-10-18-14/h1-6,9-10H,7-8H2. The van der Waals surface area contributed by atoms with Gasteiger partial charge in [-0.25, -0.2) is 9.78 Å². The zero-order valence-electron chi connectivity index (χ0n) is 11.5. The Bertz CT molecular complexity index is 785. The molecule has 6 heteroatoms. The maximum absolute atomic E-state index is 12.0. The summed E-state index contributed by atoms with van der Waals surface area (Å²) < 4.78 is 11.6. The first-order valence-electron chi connectivity index (χ1n) is 6.61. The molecule has 1 aromatic heterocycles. The van der Waals surface area contributed by atoms with Crippen LogP contribution in [0.25, 0.3) is 10.2 Å². The van der Waals surface area contributed by atoms with Gasteiger partial charge < -0.3 is 9.47 Å². The van der Waals surface area contributed by atoms with E-state index in [4.69, 9.17) is 21.1 Å². The number of hydrogen-bond donors (Lipinski definition) is 0. The Morgan fingerprint density at radius 2 is 1.95 bits per heavy atom. The van der Waals surface area contributed by atoms with Gasteiger partial charge in [-0.05, 0) is 42.5 Å². The van der Waals surface area contributed by atoms with Crippen molar-refractivity contribution in [3.05, 3.63) is 58.6 Å². The van der Waals surface area contributed by atoms with E-state index in [-0.39, 0.29) is 19.2 Å². The lowest BCUT2D eigenvalue weighted by Gasteiger charge is -2.07.